The molecule has 64 valence electrons. The van der Waals surface area contributed by atoms with Gasteiger partial charge in [0, 0.05) is 5.02 Å². The standard InChI is InChI=1S/C12H9Cl/c1-9-3-2-4-12(9)10-5-7-11(13)8-6-10/h2-8H,1H2. The fraction of sp³-hybridized carbons (Fsp3) is 0. The van der Waals surface area contributed by atoms with E-state index in [1.807, 2.05) is 36.4 Å². The summed E-state index contributed by atoms with van der Waals surface area (Å²) in [7, 11) is 0. The van der Waals surface area contributed by atoms with E-state index in [1.165, 1.54) is 11.1 Å². The Bertz CT molecular complexity index is 394. The number of allylic oxidation sites excluding steroid dienone is 5. The molecular weight excluding hydrogens is 180 g/mol. The molecule has 0 fully saturated rings. The summed E-state index contributed by atoms with van der Waals surface area (Å²) in [6.07, 6.45) is 6.07. The third kappa shape index (κ3) is 1.58. The first-order valence-electron chi connectivity index (χ1n) is 4.11. The van der Waals surface area contributed by atoms with Gasteiger partial charge in [-0.2, -0.15) is 0 Å². The molecule has 0 spiro atoms. The quantitative estimate of drug-likeness (QED) is 0.628. The summed E-state index contributed by atoms with van der Waals surface area (Å²) in [5, 5.41) is 0.765. The lowest BCUT2D eigenvalue weighted by Crippen LogP contribution is -1.81. The van der Waals surface area contributed by atoms with Crippen LogP contribution in [0.15, 0.2) is 54.6 Å². The Morgan fingerprint density at radius 2 is 1.77 bits per heavy atom. The Morgan fingerprint density at radius 3 is 2.31 bits per heavy atom. The fourth-order valence-corrected chi connectivity index (χ4v) is 1.49. The highest BCUT2D eigenvalue weighted by Crippen LogP contribution is 2.27. The molecule has 1 aromatic rings. The molecule has 0 nitrogen and oxygen atoms in total. The number of hydrogen-bond donors (Lipinski definition) is 0. The average molecular weight is 189 g/mol. The van der Waals surface area contributed by atoms with Crippen LogP contribution in [-0.4, -0.2) is 0 Å². The Balaban J connectivity index is 2.38. The summed E-state index contributed by atoms with van der Waals surface area (Å²) in [5.74, 6) is 0. The van der Waals surface area contributed by atoms with Crippen molar-refractivity contribution in [2.75, 3.05) is 0 Å². The minimum atomic E-state index is 0.765. The molecular formula is C12H9Cl. The zero-order chi connectivity index (χ0) is 9.26. The zero-order valence-electron chi connectivity index (χ0n) is 7.13. The topological polar surface area (TPSA) is 0 Å². The first-order chi connectivity index (χ1) is 6.27. The van der Waals surface area contributed by atoms with Crippen molar-refractivity contribution in [3.8, 4) is 0 Å². The van der Waals surface area contributed by atoms with Gasteiger partial charge in [-0.25, -0.2) is 0 Å². The lowest BCUT2D eigenvalue weighted by Gasteiger charge is -2.03. The molecule has 0 aliphatic heterocycles. The molecule has 0 radical (unpaired) electrons. The molecule has 1 aliphatic carbocycles. The highest BCUT2D eigenvalue weighted by Gasteiger charge is 2.05. The van der Waals surface area contributed by atoms with Gasteiger partial charge in [-0.15, -0.1) is 0 Å². The Hall–Kier alpha value is -1.27. The van der Waals surface area contributed by atoms with Crippen LogP contribution in [0.1, 0.15) is 5.56 Å². The van der Waals surface area contributed by atoms with Gasteiger partial charge >= 0.3 is 0 Å². The van der Waals surface area contributed by atoms with Crippen molar-refractivity contribution in [3.05, 3.63) is 65.2 Å². The second-order valence-corrected chi connectivity index (χ2v) is 3.41. The van der Waals surface area contributed by atoms with E-state index < -0.39 is 0 Å². The van der Waals surface area contributed by atoms with Crippen LogP contribution in [0, 0.1) is 0 Å². The molecule has 0 atom stereocenters. The van der Waals surface area contributed by atoms with Crippen molar-refractivity contribution < 1.29 is 0 Å². The maximum Gasteiger partial charge on any atom is 0.0406 e. The maximum atomic E-state index is 5.80. The third-order valence-electron chi connectivity index (χ3n) is 2.06. The molecule has 0 saturated heterocycles. The SMILES string of the molecule is C=C1C=CC=C1c1ccc(Cl)cc1. The van der Waals surface area contributed by atoms with Crippen LogP contribution in [0.2, 0.25) is 5.02 Å². The molecule has 0 amide bonds. The maximum absolute atomic E-state index is 5.80. The molecule has 1 heteroatoms. The zero-order valence-corrected chi connectivity index (χ0v) is 7.88. The summed E-state index contributed by atoms with van der Waals surface area (Å²) in [6.45, 7) is 3.95. The summed E-state index contributed by atoms with van der Waals surface area (Å²) >= 11 is 5.80. The normalized spacial score (nSPS) is 14.8. The van der Waals surface area contributed by atoms with E-state index in [9.17, 15) is 0 Å². The van der Waals surface area contributed by atoms with Crippen LogP contribution in [0.4, 0.5) is 0 Å². The minimum Gasteiger partial charge on any atom is -0.0911 e. The van der Waals surface area contributed by atoms with Gasteiger partial charge in [0.2, 0.25) is 0 Å². The van der Waals surface area contributed by atoms with E-state index in [0.29, 0.717) is 0 Å². The first kappa shape index (κ1) is 8.33. The summed E-state index contributed by atoms with van der Waals surface area (Å²) in [5.41, 5.74) is 3.40. The van der Waals surface area contributed by atoms with E-state index >= 15 is 0 Å². The van der Waals surface area contributed by atoms with Crippen molar-refractivity contribution in [1.29, 1.82) is 0 Å². The monoisotopic (exact) mass is 188 g/mol. The van der Waals surface area contributed by atoms with Crippen LogP contribution in [-0.2, 0) is 0 Å². The molecule has 0 unspecified atom stereocenters. The third-order valence-corrected chi connectivity index (χ3v) is 2.31. The van der Waals surface area contributed by atoms with Crippen molar-refractivity contribution >= 4 is 17.2 Å². The van der Waals surface area contributed by atoms with Gasteiger partial charge in [0.1, 0.15) is 0 Å². The first-order valence-corrected chi connectivity index (χ1v) is 4.49. The fourth-order valence-electron chi connectivity index (χ4n) is 1.37. The number of rotatable bonds is 1. The Morgan fingerprint density at radius 1 is 1.08 bits per heavy atom. The second kappa shape index (κ2) is 3.23. The smallest absolute Gasteiger partial charge is 0.0406 e. The van der Waals surface area contributed by atoms with Gasteiger partial charge in [0.25, 0.3) is 0 Å². The molecule has 2 rings (SSSR count). The Labute approximate surface area is 82.8 Å². The second-order valence-electron chi connectivity index (χ2n) is 2.97. The average Bonchev–Trinajstić information content (AvgIpc) is 2.53. The summed E-state index contributed by atoms with van der Waals surface area (Å²) < 4.78 is 0. The van der Waals surface area contributed by atoms with Crippen molar-refractivity contribution in [2.45, 2.75) is 0 Å². The van der Waals surface area contributed by atoms with Gasteiger partial charge < -0.3 is 0 Å². The van der Waals surface area contributed by atoms with Gasteiger partial charge in [-0.3, -0.25) is 0 Å². The number of halogens is 1. The van der Waals surface area contributed by atoms with Crippen molar-refractivity contribution in [1.82, 2.24) is 0 Å². The lowest BCUT2D eigenvalue weighted by atomic mass is 10.0. The van der Waals surface area contributed by atoms with Gasteiger partial charge in [-0.1, -0.05) is 48.5 Å². The van der Waals surface area contributed by atoms with E-state index in [1.54, 1.807) is 0 Å². The van der Waals surface area contributed by atoms with Crippen LogP contribution in [0.25, 0.3) is 5.57 Å². The van der Waals surface area contributed by atoms with Gasteiger partial charge in [0.05, 0.1) is 0 Å². The predicted molar refractivity (Wildman–Crippen MR) is 57.7 cm³/mol. The van der Waals surface area contributed by atoms with Crippen molar-refractivity contribution in [3.63, 3.8) is 0 Å². The van der Waals surface area contributed by atoms with E-state index in [0.717, 1.165) is 10.6 Å². The highest BCUT2D eigenvalue weighted by molar-refractivity contribution is 6.30. The van der Waals surface area contributed by atoms with E-state index in [4.69, 9.17) is 11.6 Å². The highest BCUT2D eigenvalue weighted by atomic mass is 35.5. The van der Waals surface area contributed by atoms with Crippen LogP contribution < -0.4 is 0 Å². The largest absolute Gasteiger partial charge is 0.0911 e. The molecule has 1 aromatic carbocycles. The van der Waals surface area contributed by atoms with Gasteiger partial charge in [0.15, 0.2) is 0 Å². The summed E-state index contributed by atoms with van der Waals surface area (Å²) in [6, 6.07) is 7.80. The van der Waals surface area contributed by atoms with Crippen molar-refractivity contribution in [2.24, 2.45) is 0 Å². The molecule has 1 aliphatic rings. The summed E-state index contributed by atoms with van der Waals surface area (Å²) in [4.78, 5) is 0. The van der Waals surface area contributed by atoms with E-state index in [-0.39, 0.29) is 0 Å². The molecule has 0 saturated carbocycles. The number of benzene rings is 1. The Kier molecular flexibility index (Phi) is 2.07. The van der Waals surface area contributed by atoms with Gasteiger partial charge in [-0.05, 0) is 28.8 Å². The molecule has 0 heterocycles. The predicted octanol–water partition coefficient (Wildman–Crippen LogP) is 3.85. The molecule has 0 aromatic heterocycles. The van der Waals surface area contributed by atoms with Crippen LogP contribution >= 0.6 is 11.6 Å². The molecule has 0 N–H and O–H groups in total. The molecule has 0 bridgehead atoms. The number of hydrogen-bond acceptors (Lipinski definition) is 0. The lowest BCUT2D eigenvalue weighted by molar-refractivity contribution is 1.61. The van der Waals surface area contributed by atoms with Crippen LogP contribution in [0.5, 0.6) is 0 Å². The minimum absolute atomic E-state index is 0.765. The van der Waals surface area contributed by atoms with Crippen LogP contribution in [0.3, 0.4) is 0 Å². The van der Waals surface area contributed by atoms with E-state index in [2.05, 4.69) is 12.7 Å². The molecule has 13 heavy (non-hydrogen) atoms.